The van der Waals surface area contributed by atoms with Gasteiger partial charge in [-0.1, -0.05) is 24.8 Å². The third-order valence-corrected chi connectivity index (χ3v) is 3.02. The molecule has 1 heterocycles. The number of nitrogens with zero attached hydrogens (tertiary/aromatic N) is 1. The van der Waals surface area contributed by atoms with Gasteiger partial charge in [0.2, 0.25) is 0 Å². The first-order chi connectivity index (χ1) is 8.96. The molecule has 2 rings (SSSR count). The smallest absolute Gasteiger partial charge is 0.261 e. The predicted octanol–water partition coefficient (Wildman–Crippen LogP) is 2.52. The number of likely N-dealkylation sites (tertiary alicyclic amines) is 1. The Morgan fingerprint density at radius 3 is 2.63 bits per heavy atom. The maximum absolute atomic E-state index is 13.0. The second kappa shape index (κ2) is 5.48. The summed E-state index contributed by atoms with van der Waals surface area (Å²) in [6, 6.07) is 8.97. The quantitative estimate of drug-likeness (QED) is 0.849. The summed E-state index contributed by atoms with van der Waals surface area (Å²) in [5, 5.41) is 2.68. The summed E-state index contributed by atoms with van der Waals surface area (Å²) < 4.78 is 26.0. The zero-order valence-corrected chi connectivity index (χ0v) is 10.5. The molecule has 19 heavy (non-hydrogen) atoms. The van der Waals surface area contributed by atoms with Crippen molar-refractivity contribution in [3.8, 4) is 0 Å². The first-order valence-electron chi connectivity index (χ1n) is 6.11. The molecular formula is C14H16F2N2O. The highest BCUT2D eigenvalue weighted by Gasteiger charge is 2.38. The van der Waals surface area contributed by atoms with Crippen molar-refractivity contribution >= 4 is 11.6 Å². The van der Waals surface area contributed by atoms with Gasteiger partial charge in [0.05, 0.1) is 6.54 Å². The molecule has 3 nitrogen and oxygen atoms in total. The molecule has 0 aliphatic carbocycles. The summed E-state index contributed by atoms with van der Waals surface area (Å²) >= 11 is 0. The lowest BCUT2D eigenvalue weighted by Gasteiger charge is -2.16. The molecule has 0 aromatic heterocycles. The Morgan fingerprint density at radius 2 is 2.05 bits per heavy atom. The van der Waals surface area contributed by atoms with Crippen LogP contribution in [0.1, 0.15) is 6.42 Å². The first kappa shape index (κ1) is 13.7. The maximum atomic E-state index is 13.0. The number of nitrogens with one attached hydrogen (secondary N) is 1. The standard InChI is InChI=1S/C14H16F2N2O/c1-11(9-18-8-7-14(15,16)10-18)13(19)17-12-5-3-2-4-6-12/h2-6H,1,7-10H2,(H,17,19). The second-order valence-electron chi connectivity index (χ2n) is 4.74. The molecule has 102 valence electrons. The van der Waals surface area contributed by atoms with Crippen molar-refractivity contribution in [1.29, 1.82) is 0 Å². The number of benzene rings is 1. The van der Waals surface area contributed by atoms with E-state index in [1.54, 1.807) is 29.2 Å². The molecule has 1 N–H and O–H groups in total. The van der Waals surface area contributed by atoms with E-state index in [1.807, 2.05) is 6.07 Å². The molecule has 5 heteroatoms. The zero-order chi connectivity index (χ0) is 13.9. The van der Waals surface area contributed by atoms with E-state index < -0.39 is 5.92 Å². The van der Waals surface area contributed by atoms with Gasteiger partial charge in [-0.2, -0.15) is 0 Å². The van der Waals surface area contributed by atoms with Crippen LogP contribution in [0, 0.1) is 0 Å². The van der Waals surface area contributed by atoms with Crippen molar-refractivity contribution in [3.05, 3.63) is 42.5 Å². The van der Waals surface area contributed by atoms with Gasteiger partial charge in [0.1, 0.15) is 0 Å². The fraction of sp³-hybridized carbons (Fsp3) is 0.357. The van der Waals surface area contributed by atoms with Crippen LogP contribution in [0.4, 0.5) is 14.5 Å². The Kier molecular flexibility index (Phi) is 3.95. The van der Waals surface area contributed by atoms with E-state index in [1.165, 1.54) is 0 Å². The molecule has 0 bridgehead atoms. The third-order valence-electron chi connectivity index (χ3n) is 3.02. The zero-order valence-electron chi connectivity index (χ0n) is 10.5. The largest absolute Gasteiger partial charge is 0.322 e. The number of alkyl halides is 2. The highest BCUT2D eigenvalue weighted by atomic mass is 19.3. The molecule has 1 aromatic rings. The van der Waals surface area contributed by atoms with Crippen LogP contribution >= 0.6 is 0 Å². The maximum Gasteiger partial charge on any atom is 0.261 e. The molecular weight excluding hydrogens is 250 g/mol. The molecule has 1 aliphatic heterocycles. The molecule has 0 atom stereocenters. The number of carbonyl (C=O) groups is 1. The van der Waals surface area contributed by atoms with E-state index in [0.717, 1.165) is 0 Å². The average molecular weight is 266 g/mol. The van der Waals surface area contributed by atoms with Crippen LogP contribution in [0.2, 0.25) is 0 Å². The normalized spacial score (nSPS) is 18.2. The highest BCUT2D eigenvalue weighted by Crippen LogP contribution is 2.27. The van der Waals surface area contributed by atoms with Crippen LogP contribution in [0.5, 0.6) is 0 Å². The van der Waals surface area contributed by atoms with E-state index in [2.05, 4.69) is 11.9 Å². The molecule has 1 saturated heterocycles. The van der Waals surface area contributed by atoms with Gasteiger partial charge in [-0.05, 0) is 12.1 Å². The number of hydrogen-bond acceptors (Lipinski definition) is 2. The van der Waals surface area contributed by atoms with Gasteiger partial charge in [0.25, 0.3) is 11.8 Å². The summed E-state index contributed by atoms with van der Waals surface area (Å²) in [6.07, 6.45) is -0.152. The van der Waals surface area contributed by atoms with E-state index in [0.29, 0.717) is 17.8 Å². The molecule has 1 aromatic carbocycles. The van der Waals surface area contributed by atoms with Gasteiger partial charge < -0.3 is 5.32 Å². The van der Waals surface area contributed by atoms with Crippen LogP contribution in [-0.4, -0.2) is 36.4 Å². The summed E-state index contributed by atoms with van der Waals surface area (Å²) in [6.45, 7) is 3.83. The van der Waals surface area contributed by atoms with E-state index in [9.17, 15) is 13.6 Å². The number of rotatable bonds is 4. The van der Waals surface area contributed by atoms with Crippen LogP contribution < -0.4 is 5.32 Å². The second-order valence-corrected chi connectivity index (χ2v) is 4.74. The van der Waals surface area contributed by atoms with Crippen molar-refractivity contribution < 1.29 is 13.6 Å². The van der Waals surface area contributed by atoms with Crippen molar-refractivity contribution in [3.63, 3.8) is 0 Å². The summed E-state index contributed by atoms with van der Waals surface area (Å²) in [5.41, 5.74) is 0.960. The third kappa shape index (κ3) is 3.86. The number of amides is 1. The van der Waals surface area contributed by atoms with Gasteiger partial charge in [-0.25, -0.2) is 8.78 Å². The first-order valence-corrected chi connectivity index (χ1v) is 6.11. The van der Waals surface area contributed by atoms with Crippen molar-refractivity contribution in [2.24, 2.45) is 0 Å². The number of hydrogen-bond donors (Lipinski definition) is 1. The Bertz CT molecular complexity index is 474. The van der Waals surface area contributed by atoms with Gasteiger partial charge >= 0.3 is 0 Å². The van der Waals surface area contributed by atoms with Crippen LogP contribution in [-0.2, 0) is 4.79 Å². The molecule has 0 unspecified atom stereocenters. The van der Waals surface area contributed by atoms with Crippen molar-refractivity contribution in [2.45, 2.75) is 12.3 Å². The lowest BCUT2D eigenvalue weighted by molar-refractivity contribution is -0.113. The molecule has 0 spiro atoms. The topological polar surface area (TPSA) is 32.3 Å². The molecule has 1 fully saturated rings. The minimum atomic E-state index is -2.64. The fourth-order valence-electron chi connectivity index (χ4n) is 2.02. The molecule has 0 saturated carbocycles. The van der Waals surface area contributed by atoms with E-state index in [4.69, 9.17) is 0 Å². The van der Waals surface area contributed by atoms with Crippen molar-refractivity contribution in [1.82, 2.24) is 4.90 Å². The Hall–Kier alpha value is -1.75. The number of anilines is 1. The predicted molar refractivity (Wildman–Crippen MR) is 70.2 cm³/mol. The number of para-hydroxylation sites is 1. The highest BCUT2D eigenvalue weighted by molar-refractivity contribution is 6.03. The SMILES string of the molecule is C=C(CN1CCC(F)(F)C1)C(=O)Nc1ccccc1. The Labute approximate surface area is 110 Å². The molecule has 1 amide bonds. The van der Waals surface area contributed by atoms with Crippen molar-refractivity contribution in [2.75, 3.05) is 25.0 Å². The van der Waals surface area contributed by atoms with E-state index in [-0.39, 0.29) is 25.4 Å². The van der Waals surface area contributed by atoms with Gasteiger partial charge in [-0.15, -0.1) is 0 Å². The Morgan fingerprint density at radius 1 is 1.37 bits per heavy atom. The minimum absolute atomic E-state index is 0.152. The Balaban J connectivity index is 1.85. The molecule has 1 aliphatic rings. The lowest BCUT2D eigenvalue weighted by Crippen LogP contribution is -2.30. The fourth-order valence-corrected chi connectivity index (χ4v) is 2.02. The van der Waals surface area contributed by atoms with Crippen LogP contribution in [0.15, 0.2) is 42.5 Å². The summed E-state index contributed by atoms with van der Waals surface area (Å²) in [4.78, 5) is 13.4. The minimum Gasteiger partial charge on any atom is -0.322 e. The number of carbonyl (C=O) groups excluding carboxylic acids is 1. The van der Waals surface area contributed by atoms with Gasteiger partial charge in [0, 0.05) is 30.8 Å². The monoisotopic (exact) mass is 266 g/mol. The van der Waals surface area contributed by atoms with Crippen LogP contribution in [0.3, 0.4) is 0 Å². The summed E-state index contributed by atoms with van der Waals surface area (Å²) in [7, 11) is 0. The average Bonchev–Trinajstić information content (AvgIpc) is 2.70. The van der Waals surface area contributed by atoms with Gasteiger partial charge in [0.15, 0.2) is 0 Å². The number of halogens is 2. The van der Waals surface area contributed by atoms with E-state index >= 15 is 0 Å². The summed E-state index contributed by atoms with van der Waals surface area (Å²) in [5.74, 6) is -2.97. The molecule has 0 radical (unpaired) electrons. The lowest BCUT2D eigenvalue weighted by atomic mass is 10.2. The van der Waals surface area contributed by atoms with Gasteiger partial charge in [-0.3, -0.25) is 9.69 Å². The van der Waals surface area contributed by atoms with Crippen LogP contribution in [0.25, 0.3) is 0 Å².